The molecule has 5 nitrogen and oxygen atoms in total. The number of hydrogen-bond acceptors (Lipinski definition) is 2. The van der Waals surface area contributed by atoms with Gasteiger partial charge < -0.3 is 14.9 Å². The van der Waals surface area contributed by atoms with E-state index in [1.54, 1.807) is 16.8 Å². The highest BCUT2D eigenvalue weighted by molar-refractivity contribution is 5.77. The van der Waals surface area contributed by atoms with Gasteiger partial charge in [-0.25, -0.2) is 4.79 Å². The summed E-state index contributed by atoms with van der Waals surface area (Å²) in [6.07, 6.45) is 0. The second-order valence-corrected chi connectivity index (χ2v) is 4.92. The molecule has 1 aliphatic heterocycles. The van der Waals surface area contributed by atoms with E-state index in [-0.39, 0.29) is 11.9 Å². The summed E-state index contributed by atoms with van der Waals surface area (Å²) >= 11 is 0. The van der Waals surface area contributed by atoms with E-state index in [0.29, 0.717) is 19.6 Å². The summed E-state index contributed by atoms with van der Waals surface area (Å²) in [6, 6.07) is -0.122. The first-order chi connectivity index (χ1) is 7.82. The second-order valence-electron chi connectivity index (χ2n) is 4.92. The van der Waals surface area contributed by atoms with Crippen molar-refractivity contribution in [3.63, 3.8) is 0 Å². The minimum Gasteiger partial charge on any atom is -0.481 e. The third-order valence-electron chi connectivity index (χ3n) is 3.03. The molecule has 1 N–H and O–H groups in total. The lowest BCUT2D eigenvalue weighted by atomic mass is 9.99. The van der Waals surface area contributed by atoms with Gasteiger partial charge >= 0.3 is 12.0 Å². The summed E-state index contributed by atoms with van der Waals surface area (Å²) in [5.74, 6) is -1.26. The molecule has 0 aliphatic carbocycles. The molecule has 0 radical (unpaired) electrons. The Morgan fingerprint density at radius 1 is 1.47 bits per heavy atom. The Hall–Kier alpha value is -1.52. The first kappa shape index (κ1) is 13.5. The number of likely N-dealkylation sites (N-methyl/N-ethyl adjacent to an activating group) is 1. The van der Waals surface area contributed by atoms with Crippen LogP contribution in [0.25, 0.3) is 0 Å². The number of carboxylic acids is 1. The van der Waals surface area contributed by atoms with Crippen LogP contribution in [0.15, 0.2) is 12.2 Å². The van der Waals surface area contributed by atoms with Crippen LogP contribution < -0.4 is 0 Å². The molecule has 1 aliphatic rings. The fourth-order valence-corrected chi connectivity index (χ4v) is 2.16. The van der Waals surface area contributed by atoms with Gasteiger partial charge in [0.1, 0.15) is 0 Å². The van der Waals surface area contributed by atoms with Gasteiger partial charge in [-0.3, -0.25) is 4.79 Å². The molecule has 1 heterocycles. The van der Waals surface area contributed by atoms with E-state index >= 15 is 0 Å². The fourth-order valence-electron chi connectivity index (χ4n) is 2.16. The van der Waals surface area contributed by atoms with Gasteiger partial charge in [0.15, 0.2) is 0 Å². The van der Waals surface area contributed by atoms with Crippen LogP contribution in [-0.2, 0) is 4.79 Å². The van der Waals surface area contributed by atoms with Crippen molar-refractivity contribution in [2.75, 3.05) is 26.7 Å². The van der Waals surface area contributed by atoms with E-state index in [4.69, 9.17) is 5.11 Å². The van der Waals surface area contributed by atoms with Crippen molar-refractivity contribution in [1.82, 2.24) is 9.80 Å². The smallest absolute Gasteiger partial charge is 0.320 e. The van der Waals surface area contributed by atoms with Gasteiger partial charge in [-0.15, -0.1) is 0 Å². The van der Waals surface area contributed by atoms with E-state index in [0.717, 1.165) is 5.57 Å². The Bertz CT molecular complexity index is 341. The van der Waals surface area contributed by atoms with Crippen LogP contribution in [0.3, 0.4) is 0 Å². The molecule has 2 atom stereocenters. The molecule has 1 rings (SSSR count). The second kappa shape index (κ2) is 5.21. The van der Waals surface area contributed by atoms with Gasteiger partial charge in [0, 0.05) is 26.7 Å². The zero-order chi connectivity index (χ0) is 13.2. The number of urea groups is 1. The number of carbonyl (C=O) groups excluding carboxylic acids is 1. The summed E-state index contributed by atoms with van der Waals surface area (Å²) in [6.45, 7) is 8.79. The van der Waals surface area contributed by atoms with Crippen molar-refractivity contribution >= 4 is 12.0 Å². The quantitative estimate of drug-likeness (QED) is 0.756. The molecular weight excluding hydrogens is 220 g/mol. The Morgan fingerprint density at radius 3 is 2.47 bits per heavy atom. The standard InChI is InChI=1S/C12H20N2O3/c1-8(2)5-13(4)12(17)14-6-9(3)10(7-14)11(15)16/h9-10H,1,5-7H2,2-4H3,(H,15,16)/t9-,10-/m1/s1. The predicted octanol–water partition coefficient (Wildman–Crippen LogP) is 1.27. The van der Waals surface area contributed by atoms with Crippen LogP contribution in [0.2, 0.25) is 0 Å². The number of amides is 2. The molecular formula is C12H20N2O3. The predicted molar refractivity (Wildman–Crippen MR) is 64.7 cm³/mol. The molecule has 96 valence electrons. The highest BCUT2D eigenvalue weighted by Crippen LogP contribution is 2.23. The van der Waals surface area contributed by atoms with E-state index in [1.807, 2.05) is 13.8 Å². The number of nitrogens with zero attached hydrogens (tertiary/aromatic N) is 2. The lowest BCUT2D eigenvalue weighted by molar-refractivity contribution is -0.142. The van der Waals surface area contributed by atoms with Gasteiger partial charge in [0.2, 0.25) is 0 Å². The van der Waals surface area contributed by atoms with E-state index in [9.17, 15) is 9.59 Å². The van der Waals surface area contributed by atoms with Gasteiger partial charge in [-0.2, -0.15) is 0 Å². The average molecular weight is 240 g/mol. The fraction of sp³-hybridized carbons (Fsp3) is 0.667. The normalized spacial score (nSPS) is 23.6. The lowest BCUT2D eigenvalue weighted by Crippen LogP contribution is -2.40. The number of likely N-dealkylation sites (tertiary alicyclic amines) is 1. The molecule has 0 aromatic heterocycles. The van der Waals surface area contributed by atoms with Crippen molar-refractivity contribution in [2.24, 2.45) is 11.8 Å². The zero-order valence-electron chi connectivity index (χ0n) is 10.6. The molecule has 1 saturated heterocycles. The molecule has 0 saturated carbocycles. The van der Waals surface area contributed by atoms with E-state index in [1.165, 1.54) is 0 Å². The van der Waals surface area contributed by atoms with Gasteiger partial charge in [0.25, 0.3) is 0 Å². The minimum absolute atomic E-state index is 0.00896. The topological polar surface area (TPSA) is 60.9 Å². The molecule has 2 amide bonds. The van der Waals surface area contributed by atoms with Crippen LogP contribution in [0.4, 0.5) is 4.79 Å². The first-order valence-corrected chi connectivity index (χ1v) is 5.70. The highest BCUT2D eigenvalue weighted by Gasteiger charge is 2.37. The number of rotatable bonds is 3. The largest absolute Gasteiger partial charge is 0.481 e. The van der Waals surface area contributed by atoms with Crippen LogP contribution in [0.1, 0.15) is 13.8 Å². The molecule has 1 fully saturated rings. The molecule has 0 aromatic rings. The highest BCUT2D eigenvalue weighted by atomic mass is 16.4. The first-order valence-electron chi connectivity index (χ1n) is 5.70. The molecule has 0 aromatic carbocycles. The Labute approximate surface area is 102 Å². The van der Waals surface area contributed by atoms with Crippen molar-refractivity contribution in [3.8, 4) is 0 Å². The van der Waals surface area contributed by atoms with Crippen molar-refractivity contribution in [3.05, 3.63) is 12.2 Å². The van der Waals surface area contributed by atoms with Crippen LogP contribution >= 0.6 is 0 Å². The number of hydrogen-bond donors (Lipinski definition) is 1. The minimum atomic E-state index is -0.824. The summed E-state index contributed by atoms with van der Waals surface area (Å²) < 4.78 is 0. The number of carboxylic acid groups (broad SMARTS) is 1. The van der Waals surface area contributed by atoms with Crippen LogP contribution in [-0.4, -0.2) is 53.6 Å². The number of aliphatic carboxylic acids is 1. The Kier molecular flexibility index (Phi) is 4.15. The van der Waals surface area contributed by atoms with Crippen LogP contribution in [0.5, 0.6) is 0 Å². The average Bonchev–Trinajstić information content (AvgIpc) is 2.58. The van der Waals surface area contributed by atoms with Gasteiger partial charge in [0.05, 0.1) is 5.92 Å². The summed E-state index contributed by atoms with van der Waals surface area (Å²) in [4.78, 5) is 26.1. The third kappa shape index (κ3) is 3.22. The summed E-state index contributed by atoms with van der Waals surface area (Å²) in [5, 5.41) is 9.00. The van der Waals surface area contributed by atoms with Crippen molar-refractivity contribution in [1.29, 1.82) is 0 Å². The Morgan fingerprint density at radius 2 is 2.06 bits per heavy atom. The van der Waals surface area contributed by atoms with Gasteiger partial charge in [-0.05, 0) is 12.8 Å². The van der Waals surface area contributed by atoms with E-state index < -0.39 is 11.9 Å². The summed E-state index contributed by atoms with van der Waals surface area (Å²) in [5.41, 5.74) is 0.905. The zero-order valence-corrected chi connectivity index (χ0v) is 10.6. The number of carbonyl (C=O) groups is 2. The maximum atomic E-state index is 12.0. The lowest BCUT2D eigenvalue weighted by Gasteiger charge is -2.24. The van der Waals surface area contributed by atoms with Gasteiger partial charge in [-0.1, -0.05) is 19.1 Å². The summed E-state index contributed by atoms with van der Waals surface area (Å²) in [7, 11) is 1.70. The molecule has 17 heavy (non-hydrogen) atoms. The third-order valence-corrected chi connectivity index (χ3v) is 3.03. The van der Waals surface area contributed by atoms with E-state index in [2.05, 4.69) is 6.58 Å². The maximum absolute atomic E-state index is 12.0. The molecule has 0 unspecified atom stereocenters. The Balaban J connectivity index is 2.61. The molecule has 5 heteroatoms. The molecule has 0 bridgehead atoms. The van der Waals surface area contributed by atoms with Crippen molar-refractivity contribution < 1.29 is 14.7 Å². The SMILES string of the molecule is C=C(C)CN(C)C(=O)N1C[C@@H](C)[C@H](C(=O)O)C1. The molecule has 0 spiro atoms. The van der Waals surface area contributed by atoms with Crippen molar-refractivity contribution in [2.45, 2.75) is 13.8 Å². The monoisotopic (exact) mass is 240 g/mol. The maximum Gasteiger partial charge on any atom is 0.320 e. The van der Waals surface area contributed by atoms with Crippen LogP contribution in [0, 0.1) is 11.8 Å².